The Morgan fingerprint density at radius 2 is 0.628 bits per heavy atom. The van der Waals surface area contributed by atoms with Gasteiger partial charge in [-0.2, -0.15) is 0 Å². The zero-order valence-electron chi connectivity index (χ0n) is 60.9. The summed E-state index contributed by atoms with van der Waals surface area (Å²) in [6, 6.07) is 0. The molecule has 0 radical (unpaired) electrons. The van der Waals surface area contributed by atoms with Gasteiger partial charge in [0.1, 0.15) is 19.3 Å². The SMILES string of the molecule is CCCCCC/C=C\C=C/CCCCCCCC(=O)O[C@H](COC(=O)CCCCCCCCCCCCCCCCCCC(C)C)COP(=O)(O)OC[C@@H](O)COP(=O)(O)OC[C@@H](COC(=O)CCCCCCCCC(C)CC)OC(=O)CCCCCCCCC(C)CC. The van der Waals surface area contributed by atoms with Crippen molar-refractivity contribution < 1.29 is 80.2 Å². The van der Waals surface area contributed by atoms with E-state index in [4.69, 9.17) is 37.0 Å². The molecule has 0 aromatic heterocycles. The van der Waals surface area contributed by atoms with E-state index in [1.54, 1.807) is 0 Å². The van der Waals surface area contributed by atoms with Crippen molar-refractivity contribution in [3.63, 3.8) is 0 Å². The maximum atomic E-state index is 13.1. The molecule has 3 N–H and O–H groups in total. The number of phosphoric acid groups is 2. The topological polar surface area (TPSA) is 237 Å². The van der Waals surface area contributed by atoms with Gasteiger partial charge in [-0.25, -0.2) is 9.13 Å². The summed E-state index contributed by atoms with van der Waals surface area (Å²) >= 11 is 0. The summed E-state index contributed by atoms with van der Waals surface area (Å²) in [4.78, 5) is 72.7. The van der Waals surface area contributed by atoms with Crippen LogP contribution in [0.5, 0.6) is 0 Å². The Balaban J connectivity index is 5.25. The second kappa shape index (κ2) is 65.2. The highest BCUT2D eigenvalue weighted by molar-refractivity contribution is 7.47. The number of carbonyl (C=O) groups is 4. The van der Waals surface area contributed by atoms with Gasteiger partial charge < -0.3 is 33.8 Å². The average molecular weight is 1380 g/mol. The van der Waals surface area contributed by atoms with Crippen molar-refractivity contribution in [2.45, 2.75) is 375 Å². The van der Waals surface area contributed by atoms with Crippen LogP contribution < -0.4 is 0 Å². The van der Waals surface area contributed by atoms with Gasteiger partial charge in [-0.05, 0) is 69.1 Å². The molecule has 7 atom stereocenters. The molecule has 0 aromatic carbocycles. The summed E-state index contributed by atoms with van der Waals surface area (Å²) in [5.74, 6) is 0.103. The monoisotopic (exact) mass is 1380 g/mol. The number of hydrogen-bond acceptors (Lipinski definition) is 15. The highest BCUT2D eigenvalue weighted by Crippen LogP contribution is 2.45. The van der Waals surface area contributed by atoms with Crippen LogP contribution in [0.3, 0.4) is 0 Å². The normalized spacial score (nSPS) is 14.8. The summed E-state index contributed by atoms with van der Waals surface area (Å²) in [6.07, 6.45) is 53.7. The van der Waals surface area contributed by atoms with Crippen LogP contribution in [-0.4, -0.2) is 96.7 Å². The van der Waals surface area contributed by atoms with E-state index in [0.717, 1.165) is 127 Å². The maximum Gasteiger partial charge on any atom is 0.472 e. The average Bonchev–Trinajstić information content (AvgIpc) is 2.60. The first-order chi connectivity index (χ1) is 45.3. The van der Waals surface area contributed by atoms with E-state index in [2.05, 4.69) is 72.8 Å². The first-order valence-electron chi connectivity index (χ1n) is 38.2. The van der Waals surface area contributed by atoms with E-state index < -0.39 is 97.5 Å². The third-order valence-corrected chi connectivity index (χ3v) is 19.4. The van der Waals surface area contributed by atoms with Crippen molar-refractivity contribution in [3.8, 4) is 0 Å². The van der Waals surface area contributed by atoms with Crippen molar-refractivity contribution in [1.82, 2.24) is 0 Å². The predicted molar refractivity (Wildman–Crippen MR) is 381 cm³/mol. The van der Waals surface area contributed by atoms with E-state index >= 15 is 0 Å². The van der Waals surface area contributed by atoms with Crippen LogP contribution >= 0.6 is 15.6 Å². The Morgan fingerprint density at radius 1 is 0.351 bits per heavy atom. The zero-order chi connectivity index (χ0) is 69.4. The third-order valence-electron chi connectivity index (χ3n) is 17.5. The van der Waals surface area contributed by atoms with E-state index in [9.17, 15) is 43.2 Å². The summed E-state index contributed by atoms with van der Waals surface area (Å²) in [5.41, 5.74) is 0. The quantitative estimate of drug-likeness (QED) is 0.0169. The minimum absolute atomic E-state index is 0.0848. The number of allylic oxidation sites excluding steroid dienone is 4. The molecule has 0 saturated heterocycles. The third kappa shape index (κ3) is 65.5. The number of esters is 4. The first-order valence-corrected chi connectivity index (χ1v) is 41.2. The molecule has 0 bridgehead atoms. The predicted octanol–water partition coefficient (Wildman–Crippen LogP) is 21.3. The van der Waals surface area contributed by atoms with Crippen LogP contribution in [0.4, 0.5) is 0 Å². The van der Waals surface area contributed by atoms with Gasteiger partial charge in [-0.3, -0.25) is 37.3 Å². The molecule has 94 heavy (non-hydrogen) atoms. The van der Waals surface area contributed by atoms with Gasteiger partial charge >= 0.3 is 39.5 Å². The van der Waals surface area contributed by atoms with E-state index in [1.807, 2.05) is 0 Å². The Hall–Kier alpha value is -2.46. The fourth-order valence-corrected chi connectivity index (χ4v) is 12.4. The van der Waals surface area contributed by atoms with Crippen molar-refractivity contribution in [1.29, 1.82) is 0 Å². The standard InChI is InChI=1S/C75H142O17P2/c1-8-11-12-13-14-15-16-17-20-25-28-31-34-44-51-58-74(79)91-70(62-85-72(77)56-49-42-33-30-27-24-22-19-18-21-23-26-29-32-39-46-53-66(4)5)64-89-93(81,82)87-60-69(76)61-88-94(83,84)90-65-71(92-75(80)59-52-45-38-36-41-48-55-68(7)10-3)63-86-73(78)57-50-43-37-35-40-47-54-67(6)9-2/h15-17,20,66-71,76H,8-14,18-19,21-65H2,1-7H3,(H,81,82)(H,83,84)/b16-15-,20-17-/t67?,68?,69-,70-,71-/m1/s1. The molecular formula is C75H142O17P2. The molecule has 0 rings (SSSR count). The second-order valence-corrected chi connectivity index (χ2v) is 30.2. The number of phosphoric ester groups is 2. The molecule has 0 aliphatic heterocycles. The van der Waals surface area contributed by atoms with Crippen LogP contribution in [0.2, 0.25) is 0 Å². The van der Waals surface area contributed by atoms with Crippen molar-refractivity contribution in [3.05, 3.63) is 24.3 Å². The molecule has 554 valence electrons. The number of aliphatic hydroxyl groups is 1. The van der Waals surface area contributed by atoms with E-state index in [1.165, 1.54) is 148 Å². The fourth-order valence-electron chi connectivity index (χ4n) is 10.8. The lowest BCUT2D eigenvalue weighted by molar-refractivity contribution is -0.161. The molecule has 0 heterocycles. The zero-order valence-corrected chi connectivity index (χ0v) is 62.7. The molecule has 0 amide bonds. The van der Waals surface area contributed by atoms with E-state index in [-0.39, 0.29) is 25.7 Å². The lowest BCUT2D eigenvalue weighted by atomic mass is 10.00. The molecule has 0 spiro atoms. The van der Waals surface area contributed by atoms with Gasteiger partial charge in [-0.15, -0.1) is 0 Å². The molecule has 0 aromatic rings. The number of ether oxygens (including phenoxy) is 4. The summed E-state index contributed by atoms with van der Waals surface area (Å²) in [7, 11) is -9.92. The van der Waals surface area contributed by atoms with Crippen LogP contribution in [0.15, 0.2) is 24.3 Å². The molecule has 0 saturated carbocycles. The second-order valence-electron chi connectivity index (χ2n) is 27.3. The van der Waals surface area contributed by atoms with Gasteiger partial charge in [0.25, 0.3) is 0 Å². The summed E-state index contributed by atoms with van der Waals surface area (Å²) < 4.78 is 68.4. The van der Waals surface area contributed by atoms with Gasteiger partial charge in [0, 0.05) is 25.7 Å². The summed E-state index contributed by atoms with van der Waals surface area (Å²) in [6.45, 7) is 11.8. The fraction of sp³-hybridized carbons (Fsp3) is 0.893. The van der Waals surface area contributed by atoms with Gasteiger partial charge in [0.2, 0.25) is 0 Å². The first kappa shape index (κ1) is 91.5. The van der Waals surface area contributed by atoms with E-state index in [0.29, 0.717) is 25.7 Å². The molecule has 17 nitrogen and oxygen atoms in total. The number of carbonyl (C=O) groups excluding carboxylic acids is 4. The Bertz CT molecular complexity index is 1930. The smallest absolute Gasteiger partial charge is 0.462 e. The number of aliphatic hydroxyl groups excluding tert-OH is 1. The van der Waals surface area contributed by atoms with Crippen molar-refractivity contribution >= 4 is 39.5 Å². The lowest BCUT2D eigenvalue weighted by Gasteiger charge is -2.21. The van der Waals surface area contributed by atoms with Crippen LogP contribution in [-0.2, 0) is 65.4 Å². The molecule has 0 fully saturated rings. The highest BCUT2D eigenvalue weighted by atomic mass is 31.2. The number of hydrogen-bond donors (Lipinski definition) is 3. The Morgan fingerprint density at radius 3 is 0.947 bits per heavy atom. The molecular weight excluding hydrogens is 1230 g/mol. The minimum Gasteiger partial charge on any atom is -0.462 e. The largest absolute Gasteiger partial charge is 0.472 e. The van der Waals surface area contributed by atoms with Gasteiger partial charge in [0.15, 0.2) is 12.2 Å². The Kier molecular flexibility index (Phi) is 63.5. The molecule has 4 unspecified atom stereocenters. The Labute approximate surface area is 573 Å². The van der Waals surface area contributed by atoms with Crippen LogP contribution in [0, 0.1) is 17.8 Å². The maximum absolute atomic E-state index is 13.1. The van der Waals surface area contributed by atoms with Crippen LogP contribution in [0.25, 0.3) is 0 Å². The highest BCUT2D eigenvalue weighted by Gasteiger charge is 2.30. The number of unbranched alkanes of at least 4 members (excludes halogenated alkanes) is 34. The lowest BCUT2D eigenvalue weighted by Crippen LogP contribution is -2.30. The van der Waals surface area contributed by atoms with Crippen molar-refractivity contribution in [2.24, 2.45) is 17.8 Å². The number of rotatable bonds is 71. The van der Waals surface area contributed by atoms with Gasteiger partial charge in [0.05, 0.1) is 26.4 Å². The molecule has 19 heteroatoms. The van der Waals surface area contributed by atoms with Crippen molar-refractivity contribution in [2.75, 3.05) is 39.6 Å². The van der Waals surface area contributed by atoms with Gasteiger partial charge in [-0.1, -0.05) is 304 Å². The molecule has 0 aliphatic carbocycles. The minimum atomic E-state index is -4.97. The molecule has 0 aliphatic rings. The summed E-state index contributed by atoms with van der Waals surface area (Å²) in [5, 5.41) is 10.6. The van der Waals surface area contributed by atoms with Crippen LogP contribution in [0.1, 0.15) is 357 Å².